The Kier molecular flexibility index (Phi) is 9.67. The highest BCUT2D eigenvalue weighted by molar-refractivity contribution is 6.24. The summed E-state index contributed by atoms with van der Waals surface area (Å²) in [6, 6.07) is 86.3. The van der Waals surface area contributed by atoms with Gasteiger partial charge in [-0.3, -0.25) is 4.57 Å². The molecule has 0 aliphatic heterocycles. The molecule has 0 aliphatic rings. The van der Waals surface area contributed by atoms with Gasteiger partial charge in [-0.05, 0) is 60.7 Å². The van der Waals surface area contributed by atoms with E-state index in [4.69, 9.17) is 29.9 Å². The van der Waals surface area contributed by atoms with Crippen molar-refractivity contribution in [3.63, 3.8) is 0 Å². The van der Waals surface area contributed by atoms with Gasteiger partial charge in [-0.25, -0.2) is 19.9 Å². The second kappa shape index (κ2) is 17.1. The predicted octanol–water partition coefficient (Wildman–Crippen LogP) is 15.7. The monoisotopic (exact) mass is 959 g/mol. The molecule has 5 heterocycles. The van der Waals surface area contributed by atoms with E-state index in [1.54, 1.807) is 0 Å². The number of para-hydroxylation sites is 4. The highest BCUT2D eigenvalue weighted by atomic mass is 15.2. The van der Waals surface area contributed by atoms with Gasteiger partial charge < -0.3 is 9.13 Å². The molecule has 0 atom stereocenters. The zero-order chi connectivity index (χ0) is 49.4. The number of benzene rings is 10. The summed E-state index contributed by atoms with van der Waals surface area (Å²) >= 11 is 0. The van der Waals surface area contributed by atoms with Crippen LogP contribution in [0.4, 0.5) is 0 Å². The van der Waals surface area contributed by atoms with Crippen molar-refractivity contribution in [2.75, 3.05) is 0 Å². The van der Waals surface area contributed by atoms with Crippen molar-refractivity contribution in [2.45, 2.75) is 0 Å². The molecule has 0 radical (unpaired) electrons. The average Bonchev–Trinajstić information content (AvgIpc) is 4.25. The summed E-state index contributed by atoms with van der Waals surface area (Å²) in [6.07, 6.45) is 0. The van der Waals surface area contributed by atoms with Crippen LogP contribution < -0.4 is 0 Å². The van der Waals surface area contributed by atoms with Crippen LogP contribution in [0.5, 0.6) is 0 Å². The van der Waals surface area contributed by atoms with Crippen molar-refractivity contribution in [3.05, 3.63) is 249 Å². The Balaban J connectivity index is 0.977. The topological polar surface area (TPSA) is 92.1 Å². The second-order valence-electron chi connectivity index (χ2n) is 18.7. The molecule has 15 aromatic rings. The van der Waals surface area contributed by atoms with Crippen LogP contribution in [-0.4, -0.2) is 43.6 Å². The van der Waals surface area contributed by atoms with Gasteiger partial charge in [0.2, 0.25) is 5.95 Å². The number of aromatic nitrogens is 9. The van der Waals surface area contributed by atoms with E-state index in [1.165, 1.54) is 0 Å². The van der Waals surface area contributed by atoms with Gasteiger partial charge in [0.15, 0.2) is 29.1 Å². The van der Waals surface area contributed by atoms with Crippen molar-refractivity contribution in [1.82, 2.24) is 43.6 Å². The first-order valence-electron chi connectivity index (χ1n) is 25.0. The van der Waals surface area contributed by atoms with Crippen LogP contribution in [0.2, 0.25) is 0 Å². The van der Waals surface area contributed by atoms with Crippen LogP contribution >= 0.6 is 0 Å². The molecule has 0 bridgehead atoms. The third kappa shape index (κ3) is 6.86. The van der Waals surface area contributed by atoms with Gasteiger partial charge in [0.1, 0.15) is 0 Å². The summed E-state index contributed by atoms with van der Waals surface area (Å²) in [7, 11) is 0. The molecule has 9 heteroatoms. The maximum absolute atomic E-state index is 5.58. The normalized spacial score (nSPS) is 11.7. The standard InChI is InChI=1S/C66H41N9/c1-5-20-42(21-6-1)61-67-62(43-22-7-2-8-23-43)69-63(68-61)45-36-38-47(39-37-45)74-54-32-16-13-28-48(54)50-40-41-51-49-29-14-17-33-55(49)75(60(51)59(50)74)66-71-64(44-24-9-3-10-25-44)70-65(72-66)53-31-19-35-57-58(53)52-30-15-18-34-56(52)73(57)46-26-11-4-12-27-46/h1-41H. The summed E-state index contributed by atoms with van der Waals surface area (Å²) in [5.41, 5.74) is 12.9. The van der Waals surface area contributed by atoms with E-state index in [-0.39, 0.29) is 0 Å². The molecular weight excluding hydrogens is 919 g/mol. The molecule has 0 aliphatic carbocycles. The molecule has 0 spiro atoms. The van der Waals surface area contributed by atoms with E-state index in [0.717, 1.165) is 105 Å². The first kappa shape index (κ1) is 42.3. The molecule has 0 fully saturated rings. The highest BCUT2D eigenvalue weighted by Crippen LogP contribution is 2.43. The lowest BCUT2D eigenvalue weighted by atomic mass is 10.1. The molecule has 0 unspecified atom stereocenters. The Morgan fingerprint density at radius 1 is 0.227 bits per heavy atom. The molecule has 10 aromatic carbocycles. The molecular formula is C66H41N9. The van der Waals surface area contributed by atoms with E-state index in [0.29, 0.717) is 35.1 Å². The summed E-state index contributed by atoms with van der Waals surface area (Å²) in [5.74, 6) is 3.52. The molecule has 0 saturated carbocycles. The lowest BCUT2D eigenvalue weighted by Crippen LogP contribution is -2.07. The zero-order valence-corrected chi connectivity index (χ0v) is 40.2. The van der Waals surface area contributed by atoms with E-state index >= 15 is 0 Å². The van der Waals surface area contributed by atoms with Gasteiger partial charge in [0, 0.05) is 71.5 Å². The predicted molar refractivity (Wildman–Crippen MR) is 303 cm³/mol. The highest BCUT2D eigenvalue weighted by Gasteiger charge is 2.25. The SMILES string of the molecule is c1ccc(-c2nc(-c3ccccc3)nc(-c3ccc(-n4c5ccccc5c5ccc6c7ccccc7n(-c7nc(-c8ccccc8)nc(-c8cccc9c8c8ccccc8n9-c8ccccc8)n7)c6c54)cc3)n2)cc1. The zero-order valence-electron chi connectivity index (χ0n) is 40.2. The molecule has 5 aromatic heterocycles. The number of hydrogen-bond acceptors (Lipinski definition) is 6. The molecule has 350 valence electrons. The molecule has 75 heavy (non-hydrogen) atoms. The Morgan fingerprint density at radius 3 is 1.17 bits per heavy atom. The first-order chi connectivity index (χ1) is 37.2. The van der Waals surface area contributed by atoms with Gasteiger partial charge in [-0.1, -0.05) is 188 Å². The van der Waals surface area contributed by atoms with Crippen molar-refractivity contribution < 1.29 is 0 Å². The van der Waals surface area contributed by atoms with E-state index < -0.39 is 0 Å². The minimum absolute atomic E-state index is 0.520. The van der Waals surface area contributed by atoms with Gasteiger partial charge in [0.25, 0.3) is 0 Å². The third-order valence-electron chi connectivity index (χ3n) is 14.4. The largest absolute Gasteiger partial charge is 0.309 e. The maximum atomic E-state index is 5.58. The fourth-order valence-corrected chi connectivity index (χ4v) is 11.0. The molecule has 0 N–H and O–H groups in total. The fourth-order valence-electron chi connectivity index (χ4n) is 11.0. The van der Waals surface area contributed by atoms with Crippen LogP contribution in [0, 0.1) is 0 Å². The van der Waals surface area contributed by atoms with Gasteiger partial charge >= 0.3 is 0 Å². The quantitative estimate of drug-likeness (QED) is 0.151. The minimum atomic E-state index is 0.520. The van der Waals surface area contributed by atoms with Crippen LogP contribution in [0.1, 0.15) is 0 Å². The summed E-state index contributed by atoms with van der Waals surface area (Å²) in [6.45, 7) is 0. The number of rotatable bonds is 8. The number of hydrogen-bond donors (Lipinski definition) is 0. The van der Waals surface area contributed by atoms with Crippen LogP contribution in [0.25, 0.3) is 140 Å². The molecule has 0 amide bonds. The van der Waals surface area contributed by atoms with Crippen LogP contribution in [-0.2, 0) is 0 Å². The Hall–Kier alpha value is -10.4. The van der Waals surface area contributed by atoms with Crippen molar-refractivity contribution in [3.8, 4) is 74.3 Å². The number of fused-ring (bicyclic) bond motifs is 10. The summed E-state index contributed by atoms with van der Waals surface area (Å²) in [5, 5.41) is 6.62. The third-order valence-corrected chi connectivity index (χ3v) is 14.4. The number of nitrogens with zero attached hydrogens (tertiary/aromatic N) is 9. The molecule has 0 saturated heterocycles. The van der Waals surface area contributed by atoms with E-state index in [1.807, 2.05) is 78.9 Å². The molecule has 9 nitrogen and oxygen atoms in total. The lowest BCUT2D eigenvalue weighted by Gasteiger charge is -2.14. The van der Waals surface area contributed by atoms with Crippen molar-refractivity contribution in [2.24, 2.45) is 0 Å². The van der Waals surface area contributed by atoms with Crippen LogP contribution in [0.3, 0.4) is 0 Å². The fraction of sp³-hybridized carbons (Fsp3) is 0. The van der Waals surface area contributed by atoms with Gasteiger partial charge in [-0.2, -0.15) is 9.97 Å². The smallest absolute Gasteiger partial charge is 0.238 e. The Morgan fingerprint density at radius 2 is 0.613 bits per heavy atom. The maximum Gasteiger partial charge on any atom is 0.238 e. The second-order valence-corrected chi connectivity index (χ2v) is 18.7. The average molecular weight is 960 g/mol. The van der Waals surface area contributed by atoms with Crippen LogP contribution in [0.15, 0.2) is 249 Å². The summed E-state index contributed by atoms with van der Waals surface area (Å²) < 4.78 is 6.96. The lowest BCUT2D eigenvalue weighted by molar-refractivity contribution is 0.954. The van der Waals surface area contributed by atoms with E-state index in [9.17, 15) is 0 Å². The van der Waals surface area contributed by atoms with Crippen molar-refractivity contribution in [1.29, 1.82) is 0 Å². The van der Waals surface area contributed by atoms with Gasteiger partial charge in [0.05, 0.1) is 33.1 Å². The summed E-state index contributed by atoms with van der Waals surface area (Å²) in [4.78, 5) is 31.4. The van der Waals surface area contributed by atoms with E-state index in [2.05, 4.69) is 184 Å². The van der Waals surface area contributed by atoms with Gasteiger partial charge in [-0.15, -0.1) is 0 Å². The Bertz CT molecular complexity index is 4620. The minimum Gasteiger partial charge on any atom is -0.309 e. The molecule has 15 rings (SSSR count). The van der Waals surface area contributed by atoms with Crippen molar-refractivity contribution >= 4 is 65.4 Å². The Labute approximate surface area is 430 Å². The first-order valence-corrected chi connectivity index (χ1v) is 25.0.